The molecule has 6 nitrogen and oxygen atoms in total. The van der Waals surface area contributed by atoms with Crippen LogP contribution in [0.25, 0.3) is 0 Å². The number of hydrogen-bond donors (Lipinski definition) is 2. The number of nitrogens with two attached hydrogens (primary N) is 1. The number of anilines is 1. The molecule has 7 heteroatoms. The molecule has 3 N–H and O–H groups in total. The fourth-order valence-corrected chi connectivity index (χ4v) is 1.69. The van der Waals surface area contributed by atoms with E-state index in [2.05, 4.69) is 9.72 Å². The predicted molar refractivity (Wildman–Crippen MR) is 65.8 cm³/mol. The van der Waals surface area contributed by atoms with Crippen molar-refractivity contribution in [3.8, 4) is 6.01 Å². The molecule has 0 unspecified atom stereocenters. The van der Waals surface area contributed by atoms with E-state index in [-0.39, 0.29) is 6.01 Å². The van der Waals surface area contributed by atoms with Crippen molar-refractivity contribution in [2.75, 3.05) is 5.73 Å². The van der Waals surface area contributed by atoms with Crippen molar-refractivity contribution >= 4 is 23.4 Å². The molecule has 2 aromatic rings. The Balaban J connectivity index is 2.26. The Morgan fingerprint density at radius 2 is 2.33 bits per heavy atom. The summed E-state index contributed by atoms with van der Waals surface area (Å²) in [6, 6.07) is 5.07. The second-order valence-corrected chi connectivity index (χ2v) is 3.99. The third kappa shape index (κ3) is 2.72. The van der Waals surface area contributed by atoms with Gasteiger partial charge in [-0.1, -0.05) is 11.6 Å². The number of imidazole rings is 1. The minimum absolute atomic E-state index is 0.0122. The molecule has 1 aromatic heterocycles. The average molecular weight is 268 g/mol. The maximum atomic E-state index is 10.5. The van der Waals surface area contributed by atoms with Gasteiger partial charge in [-0.15, -0.1) is 0 Å². The Hall–Kier alpha value is -2.21. The highest BCUT2D eigenvalue weighted by atomic mass is 35.5. The van der Waals surface area contributed by atoms with Crippen LogP contribution in [0.15, 0.2) is 30.6 Å². The van der Waals surface area contributed by atoms with E-state index in [1.165, 1.54) is 10.8 Å². The molecular formula is C11H10ClN3O3. The second-order valence-electron chi connectivity index (χ2n) is 3.55. The Kier molecular flexibility index (Phi) is 3.38. The normalized spacial score (nSPS) is 10.3. The molecule has 18 heavy (non-hydrogen) atoms. The van der Waals surface area contributed by atoms with Gasteiger partial charge in [0, 0.05) is 23.1 Å². The zero-order chi connectivity index (χ0) is 13.1. The zero-order valence-corrected chi connectivity index (χ0v) is 9.96. The lowest BCUT2D eigenvalue weighted by atomic mass is 10.2. The fourth-order valence-electron chi connectivity index (χ4n) is 1.49. The van der Waals surface area contributed by atoms with Crippen molar-refractivity contribution in [1.82, 2.24) is 9.55 Å². The highest BCUT2D eigenvalue weighted by Crippen LogP contribution is 2.20. The summed E-state index contributed by atoms with van der Waals surface area (Å²) in [7, 11) is 0. The first-order valence-electron chi connectivity index (χ1n) is 5.02. The van der Waals surface area contributed by atoms with Crippen LogP contribution in [0.3, 0.4) is 0 Å². The monoisotopic (exact) mass is 267 g/mol. The first-order valence-corrected chi connectivity index (χ1v) is 5.40. The molecule has 0 amide bonds. The zero-order valence-electron chi connectivity index (χ0n) is 9.21. The van der Waals surface area contributed by atoms with Crippen LogP contribution >= 0.6 is 11.6 Å². The van der Waals surface area contributed by atoms with E-state index in [0.717, 1.165) is 5.56 Å². The van der Waals surface area contributed by atoms with Gasteiger partial charge in [-0.05, 0) is 23.8 Å². The van der Waals surface area contributed by atoms with Gasteiger partial charge in [-0.25, -0.2) is 9.78 Å². The summed E-state index contributed by atoms with van der Waals surface area (Å²) in [5.74, 6) is 0. The molecule has 0 fully saturated rings. The second kappa shape index (κ2) is 4.97. The predicted octanol–water partition coefficient (Wildman–Crippen LogP) is 2.22. The molecule has 1 heterocycles. The molecule has 0 saturated carbocycles. The summed E-state index contributed by atoms with van der Waals surface area (Å²) < 4.78 is 6.05. The van der Waals surface area contributed by atoms with Gasteiger partial charge in [-0.3, -0.25) is 4.57 Å². The number of rotatable bonds is 3. The topological polar surface area (TPSA) is 90.4 Å². The van der Waals surface area contributed by atoms with Crippen LogP contribution in [-0.2, 0) is 6.54 Å². The van der Waals surface area contributed by atoms with Gasteiger partial charge in [0.1, 0.15) is 0 Å². The number of nitrogens with zero attached hydrogens (tertiary/aromatic N) is 2. The largest absolute Gasteiger partial charge is 0.513 e. The van der Waals surface area contributed by atoms with Gasteiger partial charge >= 0.3 is 12.2 Å². The maximum absolute atomic E-state index is 10.5. The van der Waals surface area contributed by atoms with Crippen molar-refractivity contribution in [2.45, 2.75) is 6.54 Å². The number of carboxylic acid groups (broad SMARTS) is 1. The average Bonchev–Trinajstić information content (AvgIpc) is 2.70. The molecule has 0 bridgehead atoms. The van der Waals surface area contributed by atoms with E-state index in [0.29, 0.717) is 17.3 Å². The Morgan fingerprint density at radius 3 is 3.06 bits per heavy atom. The molecule has 0 aliphatic carbocycles. The molecule has 0 aliphatic rings. The van der Waals surface area contributed by atoms with Crippen LogP contribution in [0.4, 0.5) is 10.5 Å². The number of halogens is 1. The van der Waals surface area contributed by atoms with E-state index < -0.39 is 6.16 Å². The number of aromatic nitrogens is 2. The fraction of sp³-hybridized carbons (Fsp3) is 0.0909. The van der Waals surface area contributed by atoms with Gasteiger partial charge in [0.2, 0.25) is 0 Å². The minimum atomic E-state index is -1.42. The lowest BCUT2D eigenvalue weighted by molar-refractivity contribution is 0.138. The lowest BCUT2D eigenvalue weighted by Gasteiger charge is -2.09. The molecule has 0 saturated heterocycles. The summed E-state index contributed by atoms with van der Waals surface area (Å²) in [5.41, 5.74) is 7.13. The van der Waals surface area contributed by atoms with Crippen LogP contribution < -0.4 is 10.5 Å². The molecule has 1 aromatic carbocycles. The highest BCUT2D eigenvalue weighted by molar-refractivity contribution is 6.30. The van der Waals surface area contributed by atoms with E-state index in [1.54, 1.807) is 24.4 Å². The lowest BCUT2D eigenvalue weighted by Crippen LogP contribution is -2.10. The highest BCUT2D eigenvalue weighted by Gasteiger charge is 2.10. The maximum Gasteiger partial charge on any atom is 0.513 e. The summed E-state index contributed by atoms with van der Waals surface area (Å²) in [6.07, 6.45) is 1.62. The summed E-state index contributed by atoms with van der Waals surface area (Å²) in [6.45, 7) is 0.328. The van der Waals surface area contributed by atoms with Crippen LogP contribution in [-0.4, -0.2) is 20.8 Å². The first kappa shape index (κ1) is 12.3. The van der Waals surface area contributed by atoms with E-state index in [4.69, 9.17) is 22.4 Å². The van der Waals surface area contributed by atoms with Gasteiger partial charge in [0.05, 0.1) is 6.54 Å². The van der Waals surface area contributed by atoms with Crippen LogP contribution in [0, 0.1) is 0 Å². The quantitative estimate of drug-likeness (QED) is 0.657. The Bertz CT molecular complexity index is 583. The van der Waals surface area contributed by atoms with Gasteiger partial charge in [0.15, 0.2) is 0 Å². The summed E-state index contributed by atoms with van der Waals surface area (Å²) in [4.78, 5) is 14.3. The van der Waals surface area contributed by atoms with Crippen LogP contribution in [0.2, 0.25) is 5.02 Å². The summed E-state index contributed by atoms with van der Waals surface area (Å²) >= 11 is 5.88. The van der Waals surface area contributed by atoms with Gasteiger partial charge in [0.25, 0.3) is 0 Å². The molecule has 0 spiro atoms. The standard InChI is InChI=1S/C11H10ClN3O3/c12-8-1-2-9(13)7(5-8)6-15-4-3-14-10(15)18-11(16)17/h1-5H,6,13H2,(H,16,17). The molecule has 0 aliphatic heterocycles. The third-order valence-electron chi connectivity index (χ3n) is 2.30. The van der Waals surface area contributed by atoms with E-state index >= 15 is 0 Å². The first-order chi connectivity index (χ1) is 8.56. The molecule has 0 radical (unpaired) electrons. The minimum Gasteiger partial charge on any atom is -0.449 e. The van der Waals surface area contributed by atoms with Gasteiger partial charge in [-0.2, -0.15) is 0 Å². The number of nitrogen functional groups attached to an aromatic ring is 1. The molecule has 2 rings (SSSR count). The Morgan fingerprint density at radius 1 is 1.56 bits per heavy atom. The molecule has 94 valence electrons. The third-order valence-corrected chi connectivity index (χ3v) is 2.54. The summed E-state index contributed by atoms with van der Waals surface area (Å²) in [5, 5.41) is 9.11. The van der Waals surface area contributed by atoms with E-state index in [9.17, 15) is 4.79 Å². The van der Waals surface area contributed by atoms with Crippen LogP contribution in [0.5, 0.6) is 6.01 Å². The number of ether oxygens (including phenoxy) is 1. The number of benzene rings is 1. The van der Waals surface area contributed by atoms with Crippen molar-refractivity contribution < 1.29 is 14.6 Å². The van der Waals surface area contributed by atoms with Crippen molar-refractivity contribution in [3.63, 3.8) is 0 Å². The van der Waals surface area contributed by atoms with E-state index in [1.807, 2.05) is 0 Å². The molecule has 0 atom stereocenters. The number of carbonyl (C=O) groups is 1. The smallest absolute Gasteiger partial charge is 0.449 e. The molecular weight excluding hydrogens is 258 g/mol. The number of hydrogen-bond acceptors (Lipinski definition) is 4. The van der Waals surface area contributed by atoms with Crippen LogP contribution in [0.1, 0.15) is 5.56 Å². The van der Waals surface area contributed by atoms with Crippen molar-refractivity contribution in [2.24, 2.45) is 0 Å². The van der Waals surface area contributed by atoms with Gasteiger partial charge < -0.3 is 15.6 Å². The Labute approximate surface area is 108 Å². The SMILES string of the molecule is Nc1ccc(Cl)cc1Cn1ccnc1OC(=O)O. The van der Waals surface area contributed by atoms with Crippen molar-refractivity contribution in [1.29, 1.82) is 0 Å². The van der Waals surface area contributed by atoms with Crippen molar-refractivity contribution in [3.05, 3.63) is 41.2 Å².